The van der Waals surface area contributed by atoms with Crippen LogP contribution in [0.2, 0.25) is 0 Å². The summed E-state index contributed by atoms with van der Waals surface area (Å²) < 4.78 is 0. The predicted molar refractivity (Wildman–Crippen MR) is 124 cm³/mol. The molecule has 2 aliphatic carbocycles. The van der Waals surface area contributed by atoms with Gasteiger partial charge in [-0.25, -0.2) is 0 Å². The molecule has 2 aliphatic rings. The van der Waals surface area contributed by atoms with Gasteiger partial charge in [-0.15, -0.1) is 0 Å². The highest BCUT2D eigenvalue weighted by molar-refractivity contribution is 5.21. The largest absolute Gasteiger partial charge is 0.392 e. The Morgan fingerprint density at radius 1 is 1.14 bits per heavy atom. The lowest BCUT2D eigenvalue weighted by atomic mass is 9.88. The van der Waals surface area contributed by atoms with Gasteiger partial charge in [0.25, 0.3) is 0 Å². The van der Waals surface area contributed by atoms with Crippen LogP contribution in [0, 0.1) is 23.7 Å². The molecule has 1 fully saturated rings. The third-order valence-electron chi connectivity index (χ3n) is 6.98. The molecule has 0 aromatic rings. The molecule has 0 aromatic carbocycles. The Balaban J connectivity index is 1.71. The first-order valence-corrected chi connectivity index (χ1v) is 12.5. The minimum atomic E-state index is -0.372. The van der Waals surface area contributed by atoms with Crippen LogP contribution in [0.15, 0.2) is 23.8 Å². The SMILES string of the molecule is CCCC[C@H](C)C[C@H](O)C=C[C@@H]1[C@H]2CC(CCCCCNCCC)=C[C@H]2C[C@H]1O. The Hall–Kier alpha value is -0.640. The lowest BCUT2D eigenvalue weighted by Gasteiger charge is -2.19. The highest BCUT2D eigenvalue weighted by atomic mass is 16.3. The molecule has 2 rings (SSSR count). The van der Waals surface area contributed by atoms with E-state index in [0.717, 1.165) is 32.4 Å². The summed E-state index contributed by atoms with van der Waals surface area (Å²) in [6.45, 7) is 8.95. The van der Waals surface area contributed by atoms with E-state index in [1.807, 2.05) is 6.08 Å². The van der Waals surface area contributed by atoms with Gasteiger partial charge in [0.1, 0.15) is 0 Å². The fourth-order valence-corrected chi connectivity index (χ4v) is 5.29. The summed E-state index contributed by atoms with van der Waals surface area (Å²) in [5.41, 5.74) is 1.61. The first-order chi connectivity index (χ1) is 14.0. The molecule has 0 saturated heterocycles. The lowest BCUT2D eigenvalue weighted by Crippen LogP contribution is -2.18. The van der Waals surface area contributed by atoms with E-state index in [1.165, 1.54) is 51.4 Å². The Kier molecular flexibility index (Phi) is 11.6. The molecule has 0 amide bonds. The van der Waals surface area contributed by atoms with Crippen molar-refractivity contribution in [3.05, 3.63) is 23.8 Å². The highest BCUT2D eigenvalue weighted by Crippen LogP contribution is 2.48. The van der Waals surface area contributed by atoms with E-state index in [9.17, 15) is 10.2 Å². The van der Waals surface area contributed by atoms with E-state index in [1.54, 1.807) is 5.57 Å². The van der Waals surface area contributed by atoms with Gasteiger partial charge in [0.05, 0.1) is 12.2 Å². The molecule has 0 bridgehead atoms. The van der Waals surface area contributed by atoms with Gasteiger partial charge < -0.3 is 15.5 Å². The lowest BCUT2D eigenvalue weighted by molar-refractivity contribution is 0.139. The number of allylic oxidation sites excluding steroid dienone is 2. The second-order valence-corrected chi connectivity index (χ2v) is 9.73. The smallest absolute Gasteiger partial charge is 0.0723 e. The number of hydrogen-bond donors (Lipinski definition) is 3. The zero-order chi connectivity index (χ0) is 21.1. The van der Waals surface area contributed by atoms with Gasteiger partial charge in [0.15, 0.2) is 0 Å². The van der Waals surface area contributed by atoms with Crippen molar-refractivity contribution in [2.45, 2.75) is 104 Å². The molecule has 0 aromatic heterocycles. The number of aliphatic hydroxyl groups is 2. The number of aliphatic hydroxyl groups excluding tert-OH is 2. The Bertz CT molecular complexity index is 501. The molecular weight excluding hydrogens is 358 g/mol. The number of fused-ring (bicyclic) bond motifs is 1. The summed E-state index contributed by atoms with van der Waals surface area (Å²) >= 11 is 0. The van der Waals surface area contributed by atoms with Gasteiger partial charge >= 0.3 is 0 Å². The second-order valence-electron chi connectivity index (χ2n) is 9.73. The van der Waals surface area contributed by atoms with Crippen LogP contribution in [0.4, 0.5) is 0 Å². The molecule has 6 atom stereocenters. The fraction of sp³-hybridized carbons (Fsp3) is 0.846. The van der Waals surface area contributed by atoms with E-state index in [0.29, 0.717) is 17.8 Å². The predicted octanol–water partition coefficient (Wildman–Crippen LogP) is 5.62. The van der Waals surface area contributed by atoms with Crippen LogP contribution in [-0.2, 0) is 0 Å². The monoisotopic (exact) mass is 405 g/mol. The van der Waals surface area contributed by atoms with Gasteiger partial charge in [-0.2, -0.15) is 0 Å². The Morgan fingerprint density at radius 2 is 1.97 bits per heavy atom. The first-order valence-electron chi connectivity index (χ1n) is 12.5. The van der Waals surface area contributed by atoms with Crippen molar-refractivity contribution < 1.29 is 10.2 Å². The third-order valence-corrected chi connectivity index (χ3v) is 6.98. The van der Waals surface area contributed by atoms with Gasteiger partial charge in [-0.05, 0) is 75.8 Å². The minimum Gasteiger partial charge on any atom is -0.392 e. The van der Waals surface area contributed by atoms with Crippen molar-refractivity contribution in [3.63, 3.8) is 0 Å². The van der Waals surface area contributed by atoms with Crippen molar-refractivity contribution in [2.75, 3.05) is 13.1 Å². The molecule has 0 spiro atoms. The Labute approximate surface area is 180 Å². The maximum atomic E-state index is 10.5. The van der Waals surface area contributed by atoms with Crippen LogP contribution in [0.3, 0.4) is 0 Å². The van der Waals surface area contributed by atoms with E-state index < -0.39 is 0 Å². The fourth-order valence-electron chi connectivity index (χ4n) is 5.29. The molecule has 3 heteroatoms. The molecule has 0 radical (unpaired) electrons. The van der Waals surface area contributed by atoms with Gasteiger partial charge in [0, 0.05) is 5.92 Å². The second kappa shape index (κ2) is 13.6. The minimum absolute atomic E-state index is 0.215. The molecule has 0 aliphatic heterocycles. The molecule has 3 N–H and O–H groups in total. The van der Waals surface area contributed by atoms with Gasteiger partial charge in [-0.3, -0.25) is 0 Å². The quantitative estimate of drug-likeness (QED) is 0.245. The van der Waals surface area contributed by atoms with E-state index in [2.05, 4.69) is 38.2 Å². The van der Waals surface area contributed by atoms with Crippen molar-refractivity contribution in [2.24, 2.45) is 23.7 Å². The molecular formula is C26H47NO2. The van der Waals surface area contributed by atoms with Crippen LogP contribution in [0.25, 0.3) is 0 Å². The average molecular weight is 406 g/mol. The summed E-state index contributed by atoms with van der Waals surface area (Å²) in [4.78, 5) is 0. The Morgan fingerprint density at radius 3 is 2.72 bits per heavy atom. The number of unbranched alkanes of at least 4 members (excludes halogenated alkanes) is 3. The molecule has 0 heterocycles. The van der Waals surface area contributed by atoms with Crippen LogP contribution in [0.5, 0.6) is 0 Å². The molecule has 0 unspecified atom stereocenters. The summed E-state index contributed by atoms with van der Waals surface area (Å²) in [7, 11) is 0. The van der Waals surface area contributed by atoms with Gasteiger partial charge in [0.2, 0.25) is 0 Å². The van der Waals surface area contributed by atoms with Crippen molar-refractivity contribution in [1.82, 2.24) is 5.32 Å². The van der Waals surface area contributed by atoms with Crippen molar-refractivity contribution >= 4 is 0 Å². The number of rotatable bonds is 15. The summed E-state index contributed by atoms with van der Waals surface area (Å²) in [6, 6.07) is 0. The van der Waals surface area contributed by atoms with Crippen molar-refractivity contribution in [3.8, 4) is 0 Å². The maximum absolute atomic E-state index is 10.5. The van der Waals surface area contributed by atoms with E-state index in [4.69, 9.17) is 0 Å². The van der Waals surface area contributed by atoms with Crippen LogP contribution in [0.1, 0.15) is 91.4 Å². The maximum Gasteiger partial charge on any atom is 0.0723 e. The van der Waals surface area contributed by atoms with Gasteiger partial charge in [-0.1, -0.05) is 70.3 Å². The third kappa shape index (κ3) is 8.55. The van der Waals surface area contributed by atoms with Crippen LogP contribution >= 0.6 is 0 Å². The standard InChI is InChI=1S/C26H47NO2/c1-4-6-10-20(3)16-23(28)12-13-24-25-18-21(17-22(25)19-26(24)29)11-8-7-9-15-27-14-5-2/h12-13,17,20,22-29H,4-11,14-16,18-19H2,1-3H3/t20-,22-,23+,24+,25-,26+/m0/s1. The van der Waals surface area contributed by atoms with Crippen molar-refractivity contribution in [1.29, 1.82) is 0 Å². The first kappa shape index (κ1) is 24.6. The topological polar surface area (TPSA) is 52.5 Å². The van der Waals surface area contributed by atoms with E-state index in [-0.39, 0.29) is 18.1 Å². The molecule has 1 saturated carbocycles. The average Bonchev–Trinajstić information content (AvgIpc) is 3.20. The summed E-state index contributed by atoms with van der Waals surface area (Å²) in [5.74, 6) is 1.87. The zero-order valence-corrected chi connectivity index (χ0v) is 19.3. The number of hydrogen-bond acceptors (Lipinski definition) is 3. The zero-order valence-electron chi connectivity index (χ0n) is 19.3. The van der Waals surface area contributed by atoms with E-state index >= 15 is 0 Å². The van der Waals surface area contributed by atoms with Crippen LogP contribution in [-0.4, -0.2) is 35.5 Å². The molecule has 168 valence electrons. The number of nitrogens with one attached hydrogen (secondary N) is 1. The normalized spacial score (nSPS) is 28.7. The summed E-state index contributed by atoms with van der Waals surface area (Å²) in [6.07, 6.45) is 18.8. The molecule has 29 heavy (non-hydrogen) atoms. The molecule has 3 nitrogen and oxygen atoms in total. The summed E-state index contributed by atoms with van der Waals surface area (Å²) in [5, 5.41) is 24.4. The highest BCUT2D eigenvalue weighted by Gasteiger charge is 2.43. The van der Waals surface area contributed by atoms with Crippen LogP contribution < -0.4 is 5.32 Å².